The molecule has 8 heteroatoms. The lowest BCUT2D eigenvalue weighted by Gasteiger charge is -2.17. The molecule has 2 aromatic rings. The molecule has 21 heavy (non-hydrogen) atoms. The Morgan fingerprint density at radius 2 is 2.10 bits per heavy atom. The maximum Gasteiger partial charge on any atom is 0.243 e. The molecule has 2 rings (SSSR count). The van der Waals surface area contributed by atoms with Crippen LogP contribution in [0, 0.1) is 5.82 Å². The van der Waals surface area contributed by atoms with Crippen molar-refractivity contribution in [1.82, 2.24) is 4.31 Å². The van der Waals surface area contributed by atoms with E-state index in [0.717, 1.165) is 10.9 Å². The molecule has 0 aliphatic rings. The van der Waals surface area contributed by atoms with Gasteiger partial charge in [-0.1, -0.05) is 17.7 Å². The first-order valence-electron chi connectivity index (χ1n) is 5.89. The van der Waals surface area contributed by atoms with Crippen LogP contribution in [0.2, 0.25) is 5.02 Å². The average Bonchev–Trinajstić information content (AvgIpc) is 2.94. The van der Waals surface area contributed by atoms with Crippen LogP contribution in [0.4, 0.5) is 4.39 Å². The second-order valence-electron chi connectivity index (χ2n) is 4.35. The monoisotopic (exact) mass is 367 g/mol. The number of hydrogen-bond donors (Lipinski definition) is 0. The van der Waals surface area contributed by atoms with Gasteiger partial charge >= 0.3 is 0 Å². The zero-order valence-electron chi connectivity index (χ0n) is 11.0. The van der Waals surface area contributed by atoms with Crippen molar-refractivity contribution in [2.75, 3.05) is 7.05 Å². The largest absolute Gasteiger partial charge is 0.243 e. The molecular formula is C13H12Cl2FNO2S2. The van der Waals surface area contributed by atoms with Crippen molar-refractivity contribution in [2.45, 2.75) is 17.3 Å². The van der Waals surface area contributed by atoms with Gasteiger partial charge in [-0.3, -0.25) is 0 Å². The van der Waals surface area contributed by atoms with E-state index < -0.39 is 15.8 Å². The summed E-state index contributed by atoms with van der Waals surface area (Å²) in [6, 6.07) is 5.90. The summed E-state index contributed by atoms with van der Waals surface area (Å²) in [4.78, 5) is 0.743. The van der Waals surface area contributed by atoms with Gasteiger partial charge in [0.15, 0.2) is 0 Å². The third kappa shape index (κ3) is 3.57. The van der Waals surface area contributed by atoms with Crippen molar-refractivity contribution in [1.29, 1.82) is 0 Å². The molecular weight excluding hydrogens is 356 g/mol. The molecule has 0 spiro atoms. The van der Waals surface area contributed by atoms with Gasteiger partial charge in [-0.15, -0.1) is 22.9 Å². The van der Waals surface area contributed by atoms with Crippen molar-refractivity contribution in [2.24, 2.45) is 0 Å². The number of sulfonamides is 1. The van der Waals surface area contributed by atoms with Crippen LogP contribution in [0.15, 0.2) is 34.5 Å². The molecule has 0 saturated carbocycles. The third-order valence-electron chi connectivity index (χ3n) is 2.89. The molecule has 0 fully saturated rings. The normalized spacial score (nSPS) is 12.0. The van der Waals surface area contributed by atoms with E-state index in [1.54, 1.807) is 0 Å². The molecule has 0 radical (unpaired) electrons. The van der Waals surface area contributed by atoms with Gasteiger partial charge in [-0.25, -0.2) is 12.8 Å². The first-order valence-corrected chi connectivity index (χ1v) is 9.12. The van der Waals surface area contributed by atoms with Crippen LogP contribution in [0.5, 0.6) is 0 Å². The van der Waals surface area contributed by atoms with Crippen LogP contribution >= 0.6 is 34.5 Å². The molecule has 0 aliphatic heterocycles. The van der Waals surface area contributed by atoms with Crippen molar-refractivity contribution in [3.05, 3.63) is 50.9 Å². The number of thiophene rings is 1. The minimum Gasteiger partial charge on any atom is -0.207 e. The van der Waals surface area contributed by atoms with E-state index >= 15 is 0 Å². The molecule has 3 nitrogen and oxygen atoms in total. The van der Waals surface area contributed by atoms with Crippen molar-refractivity contribution >= 4 is 44.6 Å². The number of rotatable bonds is 5. The molecule has 0 saturated heterocycles. The molecule has 0 aliphatic carbocycles. The van der Waals surface area contributed by atoms with Crippen LogP contribution < -0.4 is 0 Å². The molecule has 1 aromatic heterocycles. The van der Waals surface area contributed by atoms with Gasteiger partial charge < -0.3 is 0 Å². The Bertz CT molecular complexity index is 733. The van der Waals surface area contributed by atoms with E-state index in [2.05, 4.69) is 0 Å². The van der Waals surface area contributed by atoms with Gasteiger partial charge in [0, 0.05) is 24.3 Å². The molecule has 114 valence electrons. The van der Waals surface area contributed by atoms with Gasteiger partial charge in [0.25, 0.3) is 0 Å². The molecule has 0 unspecified atom stereocenters. The van der Waals surface area contributed by atoms with E-state index in [1.807, 2.05) is 17.5 Å². The highest BCUT2D eigenvalue weighted by Gasteiger charge is 2.24. The summed E-state index contributed by atoms with van der Waals surface area (Å²) in [7, 11) is -2.36. The van der Waals surface area contributed by atoms with Gasteiger partial charge in [0.1, 0.15) is 5.82 Å². The maximum atomic E-state index is 13.7. The van der Waals surface area contributed by atoms with Crippen LogP contribution in [-0.2, 0) is 22.4 Å². The Morgan fingerprint density at radius 3 is 2.67 bits per heavy atom. The van der Waals surface area contributed by atoms with Crippen molar-refractivity contribution in [3.8, 4) is 0 Å². The van der Waals surface area contributed by atoms with E-state index in [0.29, 0.717) is 0 Å². The minimum absolute atomic E-state index is 0.0618. The SMILES string of the molecule is CN(Cc1cccs1)S(=O)(=O)c1cc(F)c(Cl)c(CCl)c1. The molecule has 1 aromatic carbocycles. The zero-order chi connectivity index (χ0) is 15.6. The predicted octanol–water partition coefficient (Wildman–Crippen LogP) is 4.10. The fraction of sp³-hybridized carbons (Fsp3) is 0.231. The van der Waals surface area contributed by atoms with E-state index in [4.69, 9.17) is 23.2 Å². The van der Waals surface area contributed by atoms with E-state index in [-0.39, 0.29) is 27.9 Å². The lowest BCUT2D eigenvalue weighted by molar-refractivity contribution is 0.468. The second-order valence-corrected chi connectivity index (χ2v) is 8.07. The number of benzene rings is 1. The number of halogens is 3. The smallest absolute Gasteiger partial charge is 0.207 e. The number of alkyl halides is 1. The third-order valence-corrected chi connectivity index (χ3v) is 6.24. The summed E-state index contributed by atoms with van der Waals surface area (Å²) in [5, 5.41) is 1.72. The van der Waals surface area contributed by atoms with E-state index in [1.165, 1.54) is 28.8 Å². The summed E-state index contributed by atoms with van der Waals surface area (Å²) in [6.07, 6.45) is 0. The number of nitrogens with zero attached hydrogens (tertiary/aromatic N) is 1. The summed E-state index contributed by atoms with van der Waals surface area (Å²) in [6.45, 7) is 0.223. The van der Waals surface area contributed by atoms with Crippen LogP contribution in [-0.4, -0.2) is 19.8 Å². The highest BCUT2D eigenvalue weighted by Crippen LogP contribution is 2.27. The van der Waals surface area contributed by atoms with E-state index in [9.17, 15) is 12.8 Å². The Morgan fingerprint density at radius 1 is 1.38 bits per heavy atom. The maximum absolute atomic E-state index is 13.7. The Balaban J connectivity index is 2.37. The van der Waals surface area contributed by atoms with Gasteiger partial charge in [-0.05, 0) is 29.1 Å². The molecule has 0 bridgehead atoms. The molecule has 0 amide bonds. The fourth-order valence-electron chi connectivity index (χ4n) is 1.75. The van der Waals surface area contributed by atoms with Crippen LogP contribution in [0.1, 0.15) is 10.4 Å². The molecule has 0 atom stereocenters. The standard InChI is InChI=1S/C13H12Cl2FNO2S2/c1-17(8-10-3-2-4-20-10)21(18,19)11-5-9(7-14)13(15)12(16)6-11/h2-6H,7-8H2,1H3. The lowest BCUT2D eigenvalue weighted by Crippen LogP contribution is -2.26. The highest BCUT2D eigenvalue weighted by atomic mass is 35.5. The van der Waals surface area contributed by atoms with Crippen LogP contribution in [0.25, 0.3) is 0 Å². The van der Waals surface area contributed by atoms with Gasteiger partial charge in [-0.2, -0.15) is 4.31 Å². The Hall–Kier alpha value is -0.660. The van der Waals surface area contributed by atoms with Crippen molar-refractivity contribution < 1.29 is 12.8 Å². The highest BCUT2D eigenvalue weighted by molar-refractivity contribution is 7.89. The average molecular weight is 368 g/mol. The minimum atomic E-state index is -3.80. The fourth-order valence-corrected chi connectivity index (χ4v) is 4.26. The van der Waals surface area contributed by atoms with Gasteiger partial charge in [0.05, 0.1) is 9.92 Å². The van der Waals surface area contributed by atoms with Gasteiger partial charge in [0.2, 0.25) is 10.0 Å². The molecule has 0 N–H and O–H groups in total. The predicted molar refractivity (Wildman–Crippen MR) is 83.9 cm³/mol. The Labute approximate surface area is 137 Å². The summed E-state index contributed by atoms with van der Waals surface area (Å²) in [5.41, 5.74) is 0.251. The summed E-state index contributed by atoms with van der Waals surface area (Å²) < 4.78 is 39.8. The quantitative estimate of drug-likeness (QED) is 0.746. The topological polar surface area (TPSA) is 37.4 Å². The summed E-state index contributed by atoms with van der Waals surface area (Å²) in [5.74, 6) is -0.855. The lowest BCUT2D eigenvalue weighted by atomic mass is 10.2. The van der Waals surface area contributed by atoms with Crippen LogP contribution in [0.3, 0.4) is 0 Å². The first-order chi connectivity index (χ1) is 9.86. The molecule has 1 heterocycles. The van der Waals surface area contributed by atoms with Crippen molar-refractivity contribution in [3.63, 3.8) is 0 Å². The second kappa shape index (κ2) is 6.62. The zero-order valence-corrected chi connectivity index (χ0v) is 14.2. The number of hydrogen-bond acceptors (Lipinski definition) is 3. The Kier molecular flexibility index (Phi) is 5.27. The summed E-state index contributed by atoms with van der Waals surface area (Å²) >= 11 is 12.9. The first kappa shape index (κ1) is 16.7.